The van der Waals surface area contributed by atoms with E-state index in [0.717, 1.165) is 33.4 Å². The molecule has 4 aromatic rings. The fourth-order valence-electron chi connectivity index (χ4n) is 7.16. The van der Waals surface area contributed by atoms with Crippen molar-refractivity contribution in [2.45, 2.75) is 100 Å². The van der Waals surface area contributed by atoms with E-state index in [1.807, 2.05) is 0 Å². The maximum atomic E-state index is 12.0. The summed E-state index contributed by atoms with van der Waals surface area (Å²) in [6.07, 6.45) is 2.69. The zero-order valence-electron chi connectivity index (χ0n) is 34.6. The molecule has 0 saturated heterocycles. The van der Waals surface area contributed by atoms with Crippen molar-refractivity contribution in [2.75, 3.05) is 0 Å². The highest BCUT2D eigenvalue weighted by Gasteiger charge is 2.30. The van der Waals surface area contributed by atoms with Crippen molar-refractivity contribution in [3.05, 3.63) is 116 Å². The Morgan fingerprint density at radius 3 is 0.947 bits per heavy atom. The predicted molar refractivity (Wildman–Crippen MR) is 220 cm³/mol. The molecule has 57 heavy (non-hydrogen) atoms. The van der Waals surface area contributed by atoms with Gasteiger partial charge in [0.15, 0.2) is 0 Å². The molecule has 0 fully saturated rings. The van der Waals surface area contributed by atoms with Gasteiger partial charge in [0.05, 0.1) is 22.3 Å². The lowest BCUT2D eigenvalue weighted by Gasteiger charge is -2.31. The molecule has 0 aliphatic rings. The number of carboxylic acid groups (broad SMARTS) is 4. The van der Waals surface area contributed by atoms with Crippen LogP contribution >= 0.6 is 0 Å². The van der Waals surface area contributed by atoms with Gasteiger partial charge in [-0.15, -0.1) is 0 Å². The van der Waals surface area contributed by atoms with E-state index >= 15 is 0 Å². The number of rotatable bonds is 18. The molecule has 4 rings (SSSR count). The molecule has 0 aliphatic heterocycles. The quantitative estimate of drug-likeness (QED) is 0.0762. The van der Waals surface area contributed by atoms with Gasteiger partial charge in [0.25, 0.3) is 0 Å². The van der Waals surface area contributed by atoms with Crippen LogP contribution in [-0.4, -0.2) is 44.3 Å². The molecule has 0 saturated carbocycles. The zero-order valence-corrected chi connectivity index (χ0v) is 34.6. The molecule has 0 radical (unpaired) electrons. The summed E-state index contributed by atoms with van der Waals surface area (Å²) < 4.78 is 13.1. The van der Waals surface area contributed by atoms with Crippen molar-refractivity contribution in [3.8, 4) is 23.0 Å². The summed E-state index contributed by atoms with van der Waals surface area (Å²) in [4.78, 5) is 47.6. The molecule has 0 unspecified atom stereocenters. The van der Waals surface area contributed by atoms with Gasteiger partial charge in [-0.2, -0.15) is 0 Å². The van der Waals surface area contributed by atoms with Crippen LogP contribution in [0.25, 0.3) is 0 Å². The maximum Gasteiger partial charge on any atom is 0.336 e. The lowest BCUT2D eigenvalue weighted by molar-refractivity contribution is 0.0651. The zero-order chi connectivity index (χ0) is 42.5. The van der Waals surface area contributed by atoms with E-state index in [9.17, 15) is 39.6 Å². The smallest absolute Gasteiger partial charge is 0.336 e. The van der Waals surface area contributed by atoms with E-state index in [-0.39, 0.29) is 57.4 Å². The highest BCUT2D eigenvalue weighted by atomic mass is 16.5. The molecule has 0 aromatic heterocycles. The van der Waals surface area contributed by atoms with E-state index < -0.39 is 29.3 Å². The Morgan fingerprint density at radius 1 is 0.456 bits per heavy atom. The fraction of sp³-hybridized carbons (Fsp3) is 0.404. The van der Waals surface area contributed by atoms with Crippen LogP contribution in [0.2, 0.25) is 0 Å². The number of ether oxygens (including phenoxy) is 2. The molecule has 0 spiro atoms. The number of carboxylic acids is 4. The van der Waals surface area contributed by atoms with Crippen molar-refractivity contribution < 1.29 is 49.1 Å². The number of aromatic carboxylic acids is 4. The first-order chi connectivity index (χ1) is 26.6. The van der Waals surface area contributed by atoms with Crippen LogP contribution in [-0.2, 0) is 31.1 Å². The second-order valence-corrected chi connectivity index (χ2v) is 17.1. The van der Waals surface area contributed by atoms with Gasteiger partial charge in [-0.05, 0) is 119 Å². The van der Waals surface area contributed by atoms with Gasteiger partial charge < -0.3 is 29.9 Å². The Balaban J connectivity index is 1.94. The van der Waals surface area contributed by atoms with Crippen LogP contribution in [0.1, 0.15) is 144 Å². The lowest BCUT2D eigenvalue weighted by Crippen LogP contribution is -2.22. The molecule has 0 atom stereocenters. The third-order valence-corrected chi connectivity index (χ3v) is 9.79. The van der Waals surface area contributed by atoms with Gasteiger partial charge in [0.1, 0.15) is 23.0 Å². The third-order valence-electron chi connectivity index (χ3n) is 9.79. The fourth-order valence-corrected chi connectivity index (χ4v) is 7.16. The SMILES string of the molecule is CC(C)Cc1cc(C(C)(C)c2cc(CC(C)C)c(Oc3ccc(C(=O)O)c(C(=O)O)c3)c(CC(C)C)c2)cc(CC(C)C)c1Oc1ccc(C(=O)O)c(C(=O)O)c1. The summed E-state index contributed by atoms with van der Waals surface area (Å²) in [5, 5.41) is 38.8. The molecule has 10 nitrogen and oxygen atoms in total. The number of hydrogen-bond acceptors (Lipinski definition) is 6. The molecule has 0 bridgehead atoms. The molecular weight excluding hydrogens is 725 g/mol. The van der Waals surface area contributed by atoms with Crippen molar-refractivity contribution >= 4 is 23.9 Å². The van der Waals surface area contributed by atoms with E-state index in [0.29, 0.717) is 37.2 Å². The maximum absolute atomic E-state index is 12.0. The molecule has 0 amide bonds. The first-order valence-corrected chi connectivity index (χ1v) is 19.5. The average Bonchev–Trinajstić information content (AvgIpc) is 3.09. The van der Waals surface area contributed by atoms with Crippen LogP contribution in [0.3, 0.4) is 0 Å². The minimum Gasteiger partial charge on any atom is -0.478 e. The van der Waals surface area contributed by atoms with Crippen LogP contribution in [0.5, 0.6) is 23.0 Å². The molecule has 0 heterocycles. The van der Waals surface area contributed by atoms with Crippen LogP contribution < -0.4 is 9.47 Å². The van der Waals surface area contributed by atoms with Gasteiger partial charge in [0.2, 0.25) is 0 Å². The molecule has 4 aromatic carbocycles. The Labute approximate surface area is 335 Å². The minimum absolute atomic E-state index is 0.236. The summed E-state index contributed by atoms with van der Waals surface area (Å²) in [6.45, 7) is 21.3. The van der Waals surface area contributed by atoms with E-state index in [2.05, 4.69) is 93.5 Å². The largest absolute Gasteiger partial charge is 0.478 e. The Kier molecular flexibility index (Phi) is 14.0. The van der Waals surface area contributed by atoms with E-state index in [1.165, 1.54) is 36.4 Å². The van der Waals surface area contributed by atoms with Crippen molar-refractivity contribution in [3.63, 3.8) is 0 Å². The molecule has 304 valence electrons. The second kappa shape index (κ2) is 18.1. The highest BCUT2D eigenvalue weighted by molar-refractivity contribution is 6.02. The molecule has 4 N–H and O–H groups in total. The predicted octanol–water partition coefficient (Wildman–Crippen LogP) is 11.2. The topological polar surface area (TPSA) is 168 Å². The van der Waals surface area contributed by atoms with Crippen molar-refractivity contribution in [1.82, 2.24) is 0 Å². The second-order valence-electron chi connectivity index (χ2n) is 17.1. The van der Waals surface area contributed by atoms with Gasteiger partial charge in [-0.1, -0.05) is 93.5 Å². The van der Waals surface area contributed by atoms with Gasteiger partial charge >= 0.3 is 23.9 Å². The minimum atomic E-state index is -1.36. The summed E-state index contributed by atoms with van der Waals surface area (Å²) in [5.41, 5.74) is 4.06. The first-order valence-electron chi connectivity index (χ1n) is 19.5. The highest BCUT2D eigenvalue weighted by Crippen LogP contribution is 2.43. The van der Waals surface area contributed by atoms with Gasteiger partial charge in [-0.25, -0.2) is 19.2 Å². The van der Waals surface area contributed by atoms with Crippen LogP contribution in [0, 0.1) is 23.7 Å². The van der Waals surface area contributed by atoms with Crippen LogP contribution in [0.15, 0.2) is 60.7 Å². The van der Waals surface area contributed by atoms with Crippen LogP contribution in [0.4, 0.5) is 0 Å². The first kappa shape index (κ1) is 44.1. The standard InChI is InChI=1S/C47H56O10/c1-25(2)15-29-19-33(20-30(16-26(3)4)41(29)56-35-11-13-37(43(48)49)39(23-35)45(52)53)47(9,10)34-21-31(17-27(5)6)42(32(22-34)18-28(7)8)57-36-12-14-38(44(50)51)40(24-36)46(54)55/h11-14,19-28H,15-18H2,1-10H3,(H,48,49)(H,50,51)(H,52,53)(H,54,55). The summed E-state index contributed by atoms with van der Waals surface area (Å²) in [5.74, 6) is -2.64. The number of benzene rings is 4. The van der Waals surface area contributed by atoms with Gasteiger partial charge in [-0.3, -0.25) is 0 Å². The Morgan fingerprint density at radius 2 is 0.719 bits per heavy atom. The number of hydrogen-bond donors (Lipinski definition) is 4. The Bertz CT molecular complexity index is 1940. The molecular formula is C47H56O10. The normalized spacial score (nSPS) is 11.8. The third kappa shape index (κ3) is 10.8. The van der Waals surface area contributed by atoms with E-state index in [4.69, 9.17) is 9.47 Å². The average molecular weight is 781 g/mol. The summed E-state index contributed by atoms with van der Waals surface area (Å²) in [6, 6.07) is 16.7. The van der Waals surface area contributed by atoms with Crippen molar-refractivity contribution in [2.24, 2.45) is 23.7 Å². The monoisotopic (exact) mass is 780 g/mol. The number of carbonyl (C=O) groups is 4. The molecule has 10 heteroatoms. The Hall–Kier alpha value is -5.64. The molecule has 0 aliphatic carbocycles. The summed E-state index contributed by atoms with van der Waals surface area (Å²) in [7, 11) is 0. The van der Waals surface area contributed by atoms with E-state index in [1.54, 1.807) is 0 Å². The van der Waals surface area contributed by atoms with Crippen molar-refractivity contribution in [1.29, 1.82) is 0 Å². The lowest BCUT2D eigenvalue weighted by atomic mass is 9.74. The van der Waals surface area contributed by atoms with Gasteiger partial charge in [0, 0.05) is 5.41 Å². The summed E-state index contributed by atoms with van der Waals surface area (Å²) >= 11 is 0.